The molecule has 6 nitrogen and oxygen atoms in total. The summed E-state index contributed by atoms with van der Waals surface area (Å²) in [5.74, 6) is -0.190. The lowest BCUT2D eigenvalue weighted by Crippen LogP contribution is -2.38. The molecule has 1 heterocycles. The van der Waals surface area contributed by atoms with Gasteiger partial charge in [0.25, 0.3) is 5.91 Å². The predicted molar refractivity (Wildman–Crippen MR) is 80.1 cm³/mol. The number of rotatable bonds is 6. The largest absolute Gasteiger partial charge is 0.482 e. The highest BCUT2D eigenvalue weighted by Crippen LogP contribution is 2.35. The van der Waals surface area contributed by atoms with Crippen LogP contribution in [0.1, 0.15) is 20.3 Å². The van der Waals surface area contributed by atoms with E-state index in [1.54, 1.807) is 4.90 Å². The molecule has 1 aromatic carbocycles. The number of anilines is 2. The first-order chi connectivity index (χ1) is 10.1. The second-order valence-corrected chi connectivity index (χ2v) is 4.80. The number of ether oxygens (including phenoxy) is 1. The fourth-order valence-corrected chi connectivity index (χ4v) is 2.43. The van der Waals surface area contributed by atoms with Crippen molar-refractivity contribution in [3.63, 3.8) is 0 Å². The zero-order chi connectivity index (χ0) is 15.4. The Morgan fingerprint density at radius 1 is 1.43 bits per heavy atom. The summed E-state index contributed by atoms with van der Waals surface area (Å²) < 4.78 is 5.43. The van der Waals surface area contributed by atoms with Gasteiger partial charge in [-0.05, 0) is 32.0 Å². The van der Waals surface area contributed by atoms with Gasteiger partial charge >= 0.3 is 5.97 Å². The van der Waals surface area contributed by atoms with E-state index in [2.05, 4.69) is 0 Å². The average Bonchev–Trinajstić information content (AvgIpc) is 2.47. The van der Waals surface area contributed by atoms with Gasteiger partial charge in [0.15, 0.2) is 6.61 Å². The van der Waals surface area contributed by atoms with E-state index < -0.39 is 5.97 Å². The van der Waals surface area contributed by atoms with E-state index in [4.69, 9.17) is 9.84 Å². The Bertz CT molecular complexity index is 544. The third kappa shape index (κ3) is 3.26. The van der Waals surface area contributed by atoms with Crippen LogP contribution in [0.3, 0.4) is 0 Å². The molecule has 0 bridgehead atoms. The van der Waals surface area contributed by atoms with E-state index in [0.717, 1.165) is 11.4 Å². The Labute approximate surface area is 123 Å². The molecule has 0 radical (unpaired) electrons. The number of likely N-dealkylation sites (N-methyl/N-ethyl adjacent to an activating group) is 1. The molecule has 1 N–H and O–H groups in total. The van der Waals surface area contributed by atoms with Crippen LogP contribution in [0.5, 0.6) is 5.75 Å². The lowest BCUT2D eigenvalue weighted by Gasteiger charge is -2.30. The number of nitrogens with zero attached hydrogens (tertiary/aromatic N) is 2. The number of carboxylic acid groups (broad SMARTS) is 1. The number of aliphatic carboxylic acids is 1. The van der Waals surface area contributed by atoms with E-state index in [-0.39, 0.29) is 18.9 Å². The third-order valence-electron chi connectivity index (χ3n) is 3.54. The smallest absolute Gasteiger partial charge is 0.305 e. The van der Waals surface area contributed by atoms with Crippen LogP contribution in [0.25, 0.3) is 0 Å². The Hall–Kier alpha value is -2.24. The molecule has 0 fully saturated rings. The number of benzene rings is 1. The van der Waals surface area contributed by atoms with Gasteiger partial charge in [0.2, 0.25) is 0 Å². The highest BCUT2D eigenvalue weighted by Gasteiger charge is 2.25. The molecule has 1 amide bonds. The Morgan fingerprint density at radius 3 is 2.81 bits per heavy atom. The van der Waals surface area contributed by atoms with Crippen molar-refractivity contribution in [1.82, 2.24) is 0 Å². The summed E-state index contributed by atoms with van der Waals surface area (Å²) in [5, 5.41) is 8.81. The van der Waals surface area contributed by atoms with Gasteiger partial charge in [-0.3, -0.25) is 9.59 Å². The summed E-state index contributed by atoms with van der Waals surface area (Å²) >= 11 is 0. The van der Waals surface area contributed by atoms with Crippen LogP contribution in [-0.4, -0.2) is 43.2 Å². The predicted octanol–water partition coefficient (Wildman–Crippen LogP) is 1.73. The van der Waals surface area contributed by atoms with Crippen molar-refractivity contribution in [2.24, 2.45) is 0 Å². The minimum atomic E-state index is -0.819. The molecule has 6 heteroatoms. The lowest BCUT2D eigenvalue weighted by atomic mass is 10.2. The summed E-state index contributed by atoms with van der Waals surface area (Å²) in [4.78, 5) is 26.3. The van der Waals surface area contributed by atoms with Gasteiger partial charge < -0.3 is 19.6 Å². The molecule has 0 saturated heterocycles. The first-order valence-electron chi connectivity index (χ1n) is 7.10. The van der Waals surface area contributed by atoms with E-state index in [1.807, 2.05) is 36.9 Å². The molecule has 2 rings (SSSR count). The first-order valence-corrected chi connectivity index (χ1v) is 7.10. The van der Waals surface area contributed by atoms with Crippen LogP contribution in [0.2, 0.25) is 0 Å². The maximum atomic E-state index is 11.9. The van der Waals surface area contributed by atoms with Crippen molar-refractivity contribution in [3.05, 3.63) is 18.2 Å². The summed E-state index contributed by atoms with van der Waals surface area (Å²) in [5.41, 5.74) is 1.65. The fraction of sp³-hybridized carbons (Fsp3) is 0.467. The van der Waals surface area contributed by atoms with E-state index in [0.29, 0.717) is 25.4 Å². The van der Waals surface area contributed by atoms with Crippen molar-refractivity contribution in [2.75, 3.05) is 36.0 Å². The molecule has 21 heavy (non-hydrogen) atoms. The van der Waals surface area contributed by atoms with Crippen LogP contribution >= 0.6 is 0 Å². The first kappa shape index (κ1) is 15.2. The Kier molecular flexibility index (Phi) is 4.67. The normalized spacial score (nSPS) is 13.6. The molecule has 1 aromatic rings. The quantitative estimate of drug-likeness (QED) is 0.864. The fourth-order valence-electron chi connectivity index (χ4n) is 2.43. The minimum absolute atomic E-state index is 0.0595. The van der Waals surface area contributed by atoms with Gasteiger partial charge in [0.1, 0.15) is 5.75 Å². The van der Waals surface area contributed by atoms with Crippen molar-refractivity contribution in [1.29, 1.82) is 0 Å². The zero-order valence-corrected chi connectivity index (χ0v) is 12.3. The summed E-state index contributed by atoms with van der Waals surface area (Å²) in [6.45, 7) is 5.68. The van der Waals surface area contributed by atoms with Crippen LogP contribution in [0.4, 0.5) is 11.4 Å². The molecular formula is C15H20N2O4. The number of amides is 1. The van der Waals surface area contributed by atoms with Crippen LogP contribution < -0.4 is 14.5 Å². The van der Waals surface area contributed by atoms with Gasteiger partial charge in [-0.2, -0.15) is 0 Å². The van der Waals surface area contributed by atoms with E-state index >= 15 is 0 Å². The molecule has 0 atom stereocenters. The van der Waals surface area contributed by atoms with Gasteiger partial charge in [0, 0.05) is 25.3 Å². The van der Waals surface area contributed by atoms with Crippen molar-refractivity contribution >= 4 is 23.3 Å². The summed E-state index contributed by atoms with van der Waals surface area (Å²) in [6, 6.07) is 5.62. The maximum absolute atomic E-state index is 11.9. The standard InChI is InChI=1S/C15H20N2O4/c1-3-16(8-7-15(19)20)11-5-6-13-12(9-11)17(4-2)14(18)10-21-13/h5-6,9H,3-4,7-8,10H2,1-2H3,(H,19,20). The molecular weight excluding hydrogens is 272 g/mol. The van der Waals surface area contributed by atoms with Crippen molar-refractivity contribution in [2.45, 2.75) is 20.3 Å². The number of carbonyl (C=O) groups excluding carboxylic acids is 1. The lowest BCUT2D eigenvalue weighted by molar-refractivity contribution is -0.136. The summed E-state index contributed by atoms with van der Waals surface area (Å²) in [7, 11) is 0. The van der Waals surface area contributed by atoms with Gasteiger partial charge in [-0.15, -0.1) is 0 Å². The van der Waals surface area contributed by atoms with Crippen LogP contribution in [0.15, 0.2) is 18.2 Å². The van der Waals surface area contributed by atoms with E-state index in [1.165, 1.54) is 0 Å². The number of fused-ring (bicyclic) bond motifs is 1. The Morgan fingerprint density at radius 2 is 2.19 bits per heavy atom. The van der Waals surface area contributed by atoms with Crippen LogP contribution in [0, 0.1) is 0 Å². The Balaban J connectivity index is 2.27. The van der Waals surface area contributed by atoms with Gasteiger partial charge in [0.05, 0.1) is 12.1 Å². The summed E-state index contributed by atoms with van der Waals surface area (Å²) in [6.07, 6.45) is 0.0812. The van der Waals surface area contributed by atoms with Gasteiger partial charge in [-0.1, -0.05) is 0 Å². The number of carboxylic acids is 1. The monoisotopic (exact) mass is 292 g/mol. The molecule has 1 aliphatic heterocycles. The topological polar surface area (TPSA) is 70.1 Å². The highest BCUT2D eigenvalue weighted by molar-refractivity contribution is 5.98. The van der Waals surface area contributed by atoms with Gasteiger partial charge in [-0.25, -0.2) is 0 Å². The van der Waals surface area contributed by atoms with E-state index in [9.17, 15) is 9.59 Å². The highest BCUT2D eigenvalue weighted by atomic mass is 16.5. The molecule has 0 aromatic heterocycles. The number of hydrogen-bond donors (Lipinski definition) is 1. The maximum Gasteiger partial charge on any atom is 0.305 e. The second kappa shape index (κ2) is 6.47. The molecule has 0 aliphatic carbocycles. The van der Waals surface area contributed by atoms with Crippen molar-refractivity contribution < 1.29 is 19.4 Å². The molecule has 0 spiro atoms. The minimum Gasteiger partial charge on any atom is -0.482 e. The van der Waals surface area contributed by atoms with Crippen molar-refractivity contribution in [3.8, 4) is 5.75 Å². The average molecular weight is 292 g/mol. The SMILES string of the molecule is CCN(CCC(=O)O)c1ccc2c(c1)N(CC)C(=O)CO2. The molecule has 0 saturated carbocycles. The molecule has 1 aliphatic rings. The molecule has 0 unspecified atom stereocenters. The van der Waals surface area contributed by atoms with Crippen LogP contribution in [-0.2, 0) is 9.59 Å². The number of hydrogen-bond acceptors (Lipinski definition) is 4. The molecule has 114 valence electrons. The number of carbonyl (C=O) groups is 2. The zero-order valence-electron chi connectivity index (χ0n) is 12.3. The second-order valence-electron chi connectivity index (χ2n) is 4.80. The third-order valence-corrected chi connectivity index (χ3v) is 3.54.